The van der Waals surface area contributed by atoms with Crippen LogP contribution in [-0.4, -0.2) is 75.2 Å². The second kappa shape index (κ2) is 7.87. The number of carbonyl (C=O) groups excluding carboxylic acids is 1. The number of sulfonamides is 1. The van der Waals surface area contributed by atoms with Gasteiger partial charge in [0.2, 0.25) is 10.0 Å². The Morgan fingerprint density at radius 1 is 1.19 bits per heavy atom. The van der Waals surface area contributed by atoms with Crippen molar-refractivity contribution in [2.75, 3.05) is 51.1 Å². The fourth-order valence-electron chi connectivity index (χ4n) is 3.33. The Bertz CT molecular complexity index is 917. The molecule has 0 spiro atoms. The number of fused-ring (bicyclic) bond motifs is 1. The molecule has 148 valence electrons. The zero-order valence-electron chi connectivity index (χ0n) is 15.9. The molecule has 0 aliphatic carbocycles. The third kappa shape index (κ3) is 4.42. The van der Waals surface area contributed by atoms with E-state index in [1.54, 1.807) is 13.2 Å². The summed E-state index contributed by atoms with van der Waals surface area (Å²) >= 11 is 0. The van der Waals surface area contributed by atoms with E-state index >= 15 is 0 Å². The zero-order chi connectivity index (χ0) is 19.6. The van der Waals surface area contributed by atoms with Crippen molar-refractivity contribution in [2.24, 2.45) is 0 Å². The lowest BCUT2D eigenvalue weighted by Crippen LogP contribution is -2.48. The Morgan fingerprint density at radius 2 is 1.85 bits per heavy atom. The van der Waals surface area contributed by atoms with Crippen LogP contribution < -0.4 is 10.2 Å². The molecule has 1 unspecified atom stereocenters. The van der Waals surface area contributed by atoms with E-state index in [1.165, 1.54) is 10.6 Å². The maximum atomic E-state index is 12.5. The molecule has 9 heteroatoms. The molecular weight excluding hydrogens is 368 g/mol. The Hall–Kier alpha value is -2.10. The lowest BCUT2D eigenvalue weighted by atomic mass is 10.2. The topological polar surface area (TPSA) is 83.4 Å². The van der Waals surface area contributed by atoms with Gasteiger partial charge in [-0.15, -0.1) is 0 Å². The summed E-state index contributed by atoms with van der Waals surface area (Å²) in [6.45, 7) is 4.48. The monoisotopic (exact) mass is 394 g/mol. The van der Waals surface area contributed by atoms with Crippen molar-refractivity contribution in [2.45, 2.75) is 13.0 Å². The predicted molar refractivity (Wildman–Crippen MR) is 105 cm³/mol. The molecule has 2 aromatic heterocycles. The maximum absolute atomic E-state index is 12.5. The van der Waals surface area contributed by atoms with Gasteiger partial charge >= 0.3 is 0 Å². The molecule has 0 bridgehead atoms. The number of carbonyl (C=O) groups is 1. The number of nitrogens with one attached hydrogen (secondary N) is 1. The minimum Gasteiger partial charge on any atom is -0.383 e. The zero-order valence-corrected chi connectivity index (χ0v) is 16.7. The molecule has 1 aliphatic heterocycles. The molecule has 3 rings (SSSR count). The highest BCUT2D eigenvalue weighted by Crippen LogP contribution is 2.22. The number of ether oxygens (including phenoxy) is 1. The van der Waals surface area contributed by atoms with Crippen LogP contribution >= 0.6 is 0 Å². The largest absolute Gasteiger partial charge is 0.383 e. The maximum Gasteiger partial charge on any atom is 0.253 e. The van der Waals surface area contributed by atoms with Crippen LogP contribution in [0.2, 0.25) is 0 Å². The van der Waals surface area contributed by atoms with E-state index < -0.39 is 10.0 Å². The van der Waals surface area contributed by atoms with Gasteiger partial charge in [0.25, 0.3) is 5.91 Å². The van der Waals surface area contributed by atoms with E-state index in [4.69, 9.17) is 4.74 Å². The Kier molecular flexibility index (Phi) is 5.73. The second-order valence-electron chi connectivity index (χ2n) is 6.88. The van der Waals surface area contributed by atoms with Crippen molar-refractivity contribution >= 4 is 27.3 Å². The van der Waals surface area contributed by atoms with E-state index in [1.807, 2.05) is 35.7 Å². The Balaban J connectivity index is 1.79. The Morgan fingerprint density at radius 3 is 2.48 bits per heavy atom. The summed E-state index contributed by atoms with van der Waals surface area (Å²) in [7, 11) is -1.56. The molecule has 1 saturated heterocycles. The quantitative estimate of drug-likeness (QED) is 0.783. The lowest BCUT2D eigenvalue weighted by Gasteiger charge is -2.34. The van der Waals surface area contributed by atoms with Gasteiger partial charge in [0.05, 0.1) is 18.4 Å². The highest BCUT2D eigenvalue weighted by atomic mass is 32.2. The standard InChI is InChI=1S/C18H26N4O4S/c1-14(13-26-2)19-18(23)15-4-5-16-6-7-17(22(16)12-15)20-8-10-21(11-9-20)27(3,24)25/h4-7,12,14H,8-11,13H2,1-3H3,(H,19,23). The first-order chi connectivity index (χ1) is 12.8. The van der Waals surface area contributed by atoms with Crippen molar-refractivity contribution in [3.63, 3.8) is 0 Å². The van der Waals surface area contributed by atoms with Gasteiger partial charge in [0.1, 0.15) is 5.82 Å². The molecule has 2 aromatic rings. The SMILES string of the molecule is COCC(C)NC(=O)c1ccc2ccc(N3CCN(S(C)(=O)=O)CC3)n2c1. The highest BCUT2D eigenvalue weighted by Gasteiger charge is 2.24. The van der Waals surface area contributed by atoms with Gasteiger partial charge in [-0.2, -0.15) is 4.31 Å². The van der Waals surface area contributed by atoms with Crippen LogP contribution in [0.5, 0.6) is 0 Å². The summed E-state index contributed by atoms with van der Waals surface area (Å²) in [6, 6.07) is 7.63. The minimum absolute atomic E-state index is 0.0774. The smallest absolute Gasteiger partial charge is 0.253 e. The second-order valence-corrected chi connectivity index (χ2v) is 8.87. The number of piperazine rings is 1. The van der Waals surface area contributed by atoms with Crippen molar-refractivity contribution in [3.05, 3.63) is 36.0 Å². The molecule has 3 heterocycles. The van der Waals surface area contributed by atoms with Crippen LogP contribution in [0.15, 0.2) is 30.5 Å². The van der Waals surface area contributed by atoms with Crippen LogP contribution in [0.3, 0.4) is 0 Å². The number of aromatic nitrogens is 1. The summed E-state index contributed by atoms with van der Waals surface area (Å²) in [5.74, 6) is 0.806. The number of nitrogens with zero attached hydrogens (tertiary/aromatic N) is 3. The number of hydrogen-bond donors (Lipinski definition) is 1. The number of rotatable bonds is 6. The Labute approximate surface area is 159 Å². The number of methoxy groups -OCH3 is 1. The lowest BCUT2D eigenvalue weighted by molar-refractivity contribution is 0.0905. The summed E-state index contributed by atoms with van der Waals surface area (Å²) < 4.78 is 31.9. The summed E-state index contributed by atoms with van der Waals surface area (Å²) in [5, 5.41) is 2.91. The number of amides is 1. The molecular formula is C18H26N4O4S. The van der Waals surface area contributed by atoms with Crippen molar-refractivity contribution in [3.8, 4) is 0 Å². The first-order valence-corrected chi connectivity index (χ1v) is 10.8. The van der Waals surface area contributed by atoms with Gasteiger partial charge in [-0.05, 0) is 31.2 Å². The van der Waals surface area contributed by atoms with E-state index in [0.717, 1.165) is 11.3 Å². The van der Waals surface area contributed by atoms with Gasteiger partial charge in [-0.1, -0.05) is 0 Å². The van der Waals surface area contributed by atoms with Crippen molar-refractivity contribution in [1.82, 2.24) is 14.0 Å². The van der Waals surface area contributed by atoms with Gasteiger partial charge in [-0.25, -0.2) is 8.42 Å². The molecule has 0 saturated carbocycles. The molecule has 27 heavy (non-hydrogen) atoms. The molecule has 8 nitrogen and oxygen atoms in total. The fourth-order valence-corrected chi connectivity index (χ4v) is 4.15. The minimum atomic E-state index is -3.16. The third-order valence-electron chi connectivity index (χ3n) is 4.72. The van der Waals surface area contributed by atoms with Gasteiger partial charge in [-0.3, -0.25) is 4.79 Å². The summed E-state index contributed by atoms with van der Waals surface area (Å²) in [6.07, 6.45) is 3.06. The fraction of sp³-hybridized carbons (Fsp3) is 0.500. The normalized spacial score (nSPS) is 17.2. The average molecular weight is 394 g/mol. The van der Waals surface area contributed by atoms with Gasteiger partial charge in [0, 0.05) is 51.0 Å². The molecule has 1 aliphatic rings. The van der Waals surface area contributed by atoms with Crippen LogP contribution in [0, 0.1) is 0 Å². The van der Waals surface area contributed by atoms with Crippen molar-refractivity contribution in [1.29, 1.82) is 0 Å². The third-order valence-corrected chi connectivity index (χ3v) is 6.02. The van der Waals surface area contributed by atoms with Crippen LogP contribution in [0.1, 0.15) is 17.3 Å². The van der Waals surface area contributed by atoms with E-state index in [-0.39, 0.29) is 11.9 Å². The first kappa shape index (κ1) is 19.7. The van der Waals surface area contributed by atoms with Crippen molar-refractivity contribution < 1.29 is 17.9 Å². The molecule has 1 fully saturated rings. The van der Waals surface area contributed by atoms with E-state index in [2.05, 4.69) is 10.2 Å². The number of anilines is 1. The predicted octanol–water partition coefficient (Wildman–Crippen LogP) is 0.786. The first-order valence-electron chi connectivity index (χ1n) is 8.90. The average Bonchev–Trinajstić information content (AvgIpc) is 3.04. The molecule has 0 aromatic carbocycles. The van der Waals surface area contributed by atoms with E-state index in [9.17, 15) is 13.2 Å². The molecule has 0 radical (unpaired) electrons. The molecule has 1 N–H and O–H groups in total. The molecule has 1 amide bonds. The highest BCUT2D eigenvalue weighted by molar-refractivity contribution is 7.88. The summed E-state index contributed by atoms with van der Waals surface area (Å²) in [4.78, 5) is 14.6. The summed E-state index contributed by atoms with van der Waals surface area (Å²) in [5.41, 5.74) is 1.55. The number of hydrogen-bond acceptors (Lipinski definition) is 5. The van der Waals surface area contributed by atoms with Crippen LogP contribution in [0.4, 0.5) is 5.82 Å². The van der Waals surface area contributed by atoms with Crippen LogP contribution in [0.25, 0.3) is 5.52 Å². The van der Waals surface area contributed by atoms with E-state index in [0.29, 0.717) is 38.3 Å². The number of pyridine rings is 1. The van der Waals surface area contributed by atoms with Crippen LogP contribution in [-0.2, 0) is 14.8 Å². The van der Waals surface area contributed by atoms with Gasteiger partial charge in [0.15, 0.2) is 0 Å². The molecule has 1 atom stereocenters. The van der Waals surface area contributed by atoms with Gasteiger partial charge < -0.3 is 19.4 Å².